The van der Waals surface area contributed by atoms with Crippen LogP contribution in [0.1, 0.15) is 22.3 Å². The third-order valence-electron chi connectivity index (χ3n) is 4.21. The molecule has 0 saturated carbocycles. The first kappa shape index (κ1) is 16.2. The number of para-hydroxylation sites is 2. The molecule has 1 unspecified atom stereocenters. The van der Waals surface area contributed by atoms with Crippen LogP contribution in [0.25, 0.3) is 0 Å². The Balaban J connectivity index is 1.54. The highest BCUT2D eigenvalue weighted by atomic mass is 16.5. The topological polar surface area (TPSA) is 96.0 Å². The van der Waals surface area contributed by atoms with Gasteiger partial charge in [-0.25, -0.2) is 0 Å². The van der Waals surface area contributed by atoms with Crippen LogP contribution in [0.5, 0.6) is 0 Å². The summed E-state index contributed by atoms with van der Waals surface area (Å²) in [5.74, 6) is 0.402. The quantitative estimate of drug-likeness (QED) is 0.748. The van der Waals surface area contributed by atoms with Gasteiger partial charge in [0.25, 0.3) is 5.91 Å². The molecular formula is C18H18N6O2. The normalized spacial score (nSPS) is 17.1. The van der Waals surface area contributed by atoms with Gasteiger partial charge in [0.1, 0.15) is 6.10 Å². The van der Waals surface area contributed by atoms with E-state index in [1.807, 2.05) is 54.6 Å². The number of morpholine rings is 1. The van der Waals surface area contributed by atoms with E-state index in [2.05, 4.69) is 25.9 Å². The molecule has 26 heavy (non-hydrogen) atoms. The second-order valence-electron chi connectivity index (χ2n) is 5.92. The van der Waals surface area contributed by atoms with Gasteiger partial charge >= 0.3 is 0 Å². The van der Waals surface area contributed by atoms with Crippen molar-refractivity contribution < 1.29 is 9.53 Å². The Labute approximate surface area is 150 Å². The molecule has 0 aliphatic carbocycles. The van der Waals surface area contributed by atoms with Gasteiger partial charge in [0.2, 0.25) is 5.82 Å². The van der Waals surface area contributed by atoms with Crippen molar-refractivity contribution in [1.82, 2.24) is 25.5 Å². The molecule has 1 fully saturated rings. The second-order valence-corrected chi connectivity index (χ2v) is 5.92. The SMILES string of the molecule is O=C(c1ccccc1Nc1ccccc1)N1CCOC(c2nn[nH]n2)C1. The van der Waals surface area contributed by atoms with E-state index in [0.717, 1.165) is 11.4 Å². The fraction of sp³-hybridized carbons (Fsp3) is 0.222. The van der Waals surface area contributed by atoms with Crippen LogP contribution in [-0.2, 0) is 4.74 Å². The molecule has 0 spiro atoms. The minimum Gasteiger partial charge on any atom is -0.366 e. The smallest absolute Gasteiger partial charge is 0.256 e. The molecule has 1 aliphatic rings. The molecule has 2 aromatic carbocycles. The zero-order chi connectivity index (χ0) is 17.8. The first-order valence-corrected chi connectivity index (χ1v) is 8.36. The Morgan fingerprint density at radius 2 is 1.96 bits per heavy atom. The van der Waals surface area contributed by atoms with Crippen molar-refractivity contribution in [3.8, 4) is 0 Å². The van der Waals surface area contributed by atoms with Gasteiger partial charge in [-0.3, -0.25) is 4.79 Å². The van der Waals surface area contributed by atoms with Gasteiger partial charge in [-0.1, -0.05) is 35.5 Å². The van der Waals surface area contributed by atoms with Crippen LogP contribution in [0.3, 0.4) is 0 Å². The summed E-state index contributed by atoms with van der Waals surface area (Å²) in [6.45, 7) is 1.34. The molecule has 8 heteroatoms. The molecule has 2 N–H and O–H groups in total. The average Bonchev–Trinajstić information content (AvgIpc) is 3.24. The second kappa shape index (κ2) is 7.32. The van der Waals surface area contributed by atoms with E-state index in [1.165, 1.54) is 0 Å². The van der Waals surface area contributed by atoms with Crippen molar-refractivity contribution in [2.75, 3.05) is 25.0 Å². The van der Waals surface area contributed by atoms with Crippen LogP contribution in [0, 0.1) is 0 Å². The highest BCUT2D eigenvalue weighted by Crippen LogP contribution is 2.25. The lowest BCUT2D eigenvalue weighted by Crippen LogP contribution is -2.42. The summed E-state index contributed by atoms with van der Waals surface area (Å²) >= 11 is 0. The molecule has 8 nitrogen and oxygen atoms in total. The molecule has 1 aromatic heterocycles. The maximum atomic E-state index is 13.1. The number of rotatable bonds is 4. The first-order valence-electron chi connectivity index (χ1n) is 8.36. The molecule has 1 saturated heterocycles. The Morgan fingerprint density at radius 3 is 2.77 bits per heavy atom. The number of aromatic nitrogens is 4. The van der Waals surface area contributed by atoms with E-state index >= 15 is 0 Å². The summed E-state index contributed by atoms with van der Waals surface area (Å²) in [4.78, 5) is 14.9. The van der Waals surface area contributed by atoms with Crippen LogP contribution < -0.4 is 5.32 Å². The Bertz CT molecular complexity index is 868. The summed E-state index contributed by atoms with van der Waals surface area (Å²) in [6.07, 6.45) is -0.374. The monoisotopic (exact) mass is 350 g/mol. The molecule has 0 radical (unpaired) electrons. The fourth-order valence-electron chi connectivity index (χ4n) is 2.92. The number of tetrazole rings is 1. The van der Waals surface area contributed by atoms with Gasteiger partial charge in [-0.05, 0) is 24.3 Å². The lowest BCUT2D eigenvalue weighted by atomic mass is 10.1. The lowest BCUT2D eigenvalue weighted by Gasteiger charge is -2.32. The van der Waals surface area contributed by atoms with E-state index in [0.29, 0.717) is 31.1 Å². The van der Waals surface area contributed by atoms with Gasteiger partial charge in [0.15, 0.2) is 0 Å². The number of anilines is 2. The van der Waals surface area contributed by atoms with E-state index in [9.17, 15) is 4.79 Å². The van der Waals surface area contributed by atoms with Gasteiger partial charge in [0, 0.05) is 12.2 Å². The number of carbonyl (C=O) groups is 1. The molecule has 3 aromatic rings. The van der Waals surface area contributed by atoms with Crippen molar-refractivity contribution in [3.63, 3.8) is 0 Å². The van der Waals surface area contributed by atoms with Gasteiger partial charge in [-0.2, -0.15) is 5.21 Å². The number of carbonyl (C=O) groups excluding carboxylic acids is 1. The molecule has 4 rings (SSSR count). The van der Waals surface area contributed by atoms with E-state index in [-0.39, 0.29) is 12.0 Å². The van der Waals surface area contributed by atoms with Crippen LogP contribution >= 0.6 is 0 Å². The summed E-state index contributed by atoms with van der Waals surface area (Å²) in [7, 11) is 0. The summed E-state index contributed by atoms with van der Waals surface area (Å²) in [6, 6.07) is 17.3. The maximum Gasteiger partial charge on any atom is 0.256 e. The molecule has 132 valence electrons. The molecule has 1 atom stereocenters. The number of nitrogens with one attached hydrogen (secondary N) is 2. The lowest BCUT2D eigenvalue weighted by molar-refractivity contribution is -0.0267. The Morgan fingerprint density at radius 1 is 1.15 bits per heavy atom. The van der Waals surface area contributed by atoms with E-state index in [1.54, 1.807) is 4.90 Å². The fourth-order valence-corrected chi connectivity index (χ4v) is 2.92. The zero-order valence-electron chi connectivity index (χ0n) is 14.0. The molecular weight excluding hydrogens is 332 g/mol. The number of ether oxygens (including phenoxy) is 1. The van der Waals surface area contributed by atoms with Crippen molar-refractivity contribution >= 4 is 17.3 Å². The minimum atomic E-state index is -0.374. The van der Waals surface area contributed by atoms with Crippen molar-refractivity contribution in [1.29, 1.82) is 0 Å². The number of H-pyrrole nitrogens is 1. The number of amides is 1. The largest absolute Gasteiger partial charge is 0.366 e. The Hall–Kier alpha value is -3.26. The van der Waals surface area contributed by atoms with Crippen LogP contribution in [0.4, 0.5) is 11.4 Å². The third kappa shape index (κ3) is 3.40. The number of hydrogen-bond donors (Lipinski definition) is 2. The number of benzene rings is 2. The average molecular weight is 350 g/mol. The Kier molecular flexibility index (Phi) is 4.57. The third-order valence-corrected chi connectivity index (χ3v) is 4.21. The number of nitrogens with zero attached hydrogens (tertiary/aromatic N) is 4. The van der Waals surface area contributed by atoms with Gasteiger partial charge < -0.3 is 15.0 Å². The molecule has 0 bridgehead atoms. The number of hydrogen-bond acceptors (Lipinski definition) is 6. The number of aromatic amines is 1. The minimum absolute atomic E-state index is 0.0548. The zero-order valence-corrected chi connectivity index (χ0v) is 14.0. The van der Waals surface area contributed by atoms with Crippen LogP contribution in [0.15, 0.2) is 54.6 Å². The van der Waals surface area contributed by atoms with Crippen LogP contribution in [0.2, 0.25) is 0 Å². The van der Waals surface area contributed by atoms with Crippen molar-refractivity contribution in [3.05, 3.63) is 66.0 Å². The molecule has 1 aliphatic heterocycles. The van der Waals surface area contributed by atoms with Gasteiger partial charge in [0.05, 0.1) is 24.4 Å². The standard InChI is InChI=1S/C18H18N6O2/c25-18(24-10-11-26-16(12-24)17-20-22-23-21-17)14-8-4-5-9-15(14)19-13-6-2-1-3-7-13/h1-9,16,19H,10-12H2,(H,20,21,22,23). The highest BCUT2D eigenvalue weighted by Gasteiger charge is 2.29. The predicted octanol–water partition coefficient (Wildman–Crippen LogP) is 2.16. The highest BCUT2D eigenvalue weighted by molar-refractivity contribution is 6.00. The first-order chi connectivity index (χ1) is 12.8. The van der Waals surface area contributed by atoms with E-state index < -0.39 is 0 Å². The molecule has 2 heterocycles. The van der Waals surface area contributed by atoms with Crippen LogP contribution in [-0.4, -0.2) is 51.1 Å². The summed E-state index contributed by atoms with van der Waals surface area (Å²) in [5.41, 5.74) is 2.32. The maximum absolute atomic E-state index is 13.1. The van der Waals surface area contributed by atoms with Gasteiger partial charge in [-0.15, -0.1) is 10.2 Å². The van der Waals surface area contributed by atoms with Crippen molar-refractivity contribution in [2.45, 2.75) is 6.10 Å². The van der Waals surface area contributed by atoms with Crippen molar-refractivity contribution in [2.24, 2.45) is 0 Å². The summed E-state index contributed by atoms with van der Waals surface area (Å²) in [5, 5.41) is 17.2. The molecule has 1 amide bonds. The van der Waals surface area contributed by atoms with E-state index in [4.69, 9.17) is 4.74 Å². The predicted molar refractivity (Wildman–Crippen MR) is 94.9 cm³/mol. The summed E-state index contributed by atoms with van der Waals surface area (Å²) < 4.78 is 5.67.